The summed E-state index contributed by atoms with van der Waals surface area (Å²) in [6, 6.07) is 21.6. The monoisotopic (exact) mass is 458 g/mol. The molecule has 3 aromatic rings. The third kappa shape index (κ3) is 6.31. The Morgan fingerprint density at radius 1 is 0.912 bits per heavy atom. The van der Waals surface area contributed by atoms with Gasteiger partial charge >= 0.3 is 0 Å². The Labute approximate surface area is 200 Å². The van der Waals surface area contributed by atoms with Crippen LogP contribution in [0.1, 0.15) is 11.1 Å². The van der Waals surface area contributed by atoms with E-state index in [-0.39, 0.29) is 24.8 Å². The van der Waals surface area contributed by atoms with Crippen molar-refractivity contribution in [2.75, 3.05) is 49.6 Å². The molecule has 1 fully saturated rings. The van der Waals surface area contributed by atoms with Gasteiger partial charge in [-0.05, 0) is 17.2 Å². The molecule has 4 rings (SSSR count). The molecule has 8 heteroatoms. The summed E-state index contributed by atoms with van der Waals surface area (Å²) in [6.07, 6.45) is 2.05. The van der Waals surface area contributed by atoms with E-state index in [2.05, 4.69) is 27.3 Å². The standard InChI is InChI=1S/C26H30N6O2/c1-30(20-22-10-6-3-7-11-22)26-27-13-12-23(29-26)31-14-16-32(17-15-31)25(34)19-28-24(33)18-21-8-4-2-5-9-21/h2-13H,14-20H2,1H3,(H,28,33). The van der Waals surface area contributed by atoms with Gasteiger partial charge in [0, 0.05) is 46.0 Å². The van der Waals surface area contributed by atoms with Crippen molar-refractivity contribution in [1.29, 1.82) is 0 Å². The summed E-state index contributed by atoms with van der Waals surface area (Å²) >= 11 is 0. The second kappa shape index (κ2) is 11.3. The predicted octanol–water partition coefficient (Wildman–Crippen LogP) is 2.12. The fourth-order valence-electron chi connectivity index (χ4n) is 3.94. The smallest absolute Gasteiger partial charge is 0.242 e. The number of hydrogen-bond acceptors (Lipinski definition) is 6. The van der Waals surface area contributed by atoms with Gasteiger partial charge in [0.05, 0.1) is 13.0 Å². The van der Waals surface area contributed by atoms with Gasteiger partial charge in [-0.1, -0.05) is 60.7 Å². The first-order valence-electron chi connectivity index (χ1n) is 11.5. The molecule has 1 saturated heterocycles. The molecule has 1 aliphatic rings. The summed E-state index contributed by atoms with van der Waals surface area (Å²) in [6.45, 7) is 3.29. The third-order valence-electron chi connectivity index (χ3n) is 5.83. The number of nitrogens with zero attached hydrogens (tertiary/aromatic N) is 5. The SMILES string of the molecule is CN(Cc1ccccc1)c1nccc(N2CCN(C(=O)CNC(=O)Cc3ccccc3)CC2)n1. The summed E-state index contributed by atoms with van der Waals surface area (Å²) in [7, 11) is 1.98. The van der Waals surface area contributed by atoms with Crippen molar-refractivity contribution in [2.45, 2.75) is 13.0 Å². The Balaban J connectivity index is 1.25. The van der Waals surface area contributed by atoms with Crippen molar-refractivity contribution in [1.82, 2.24) is 20.2 Å². The van der Waals surface area contributed by atoms with Crippen LogP contribution in [-0.4, -0.2) is 66.5 Å². The average molecular weight is 459 g/mol. The van der Waals surface area contributed by atoms with Crippen molar-refractivity contribution in [3.05, 3.63) is 84.1 Å². The van der Waals surface area contributed by atoms with Crippen LogP contribution < -0.4 is 15.1 Å². The zero-order valence-corrected chi connectivity index (χ0v) is 19.4. The molecule has 2 aromatic carbocycles. The van der Waals surface area contributed by atoms with Gasteiger partial charge in [0.1, 0.15) is 5.82 Å². The van der Waals surface area contributed by atoms with Crippen LogP contribution in [0.5, 0.6) is 0 Å². The Bertz CT molecular complexity index is 1080. The lowest BCUT2D eigenvalue weighted by Gasteiger charge is -2.35. The second-order valence-corrected chi connectivity index (χ2v) is 8.36. The van der Waals surface area contributed by atoms with Crippen LogP contribution in [0.25, 0.3) is 0 Å². The zero-order valence-electron chi connectivity index (χ0n) is 19.4. The normalized spacial score (nSPS) is 13.4. The molecule has 0 unspecified atom stereocenters. The lowest BCUT2D eigenvalue weighted by molar-refractivity contribution is -0.133. The Morgan fingerprint density at radius 3 is 2.24 bits per heavy atom. The van der Waals surface area contributed by atoms with E-state index in [1.807, 2.05) is 66.5 Å². The molecule has 1 N–H and O–H groups in total. The van der Waals surface area contributed by atoms with Crippen LogP contribution in [-0.2, 0) is 22.6 Å². The molecule has 34 heavy (non-hydrogen) atoms. The number of anilines is 2. The third-order valence-corrected chi connectivity index (χ3v) is 5.83. The number of carbonyl (C=O) groups excluding carboxylic acids is 2. The molecule has 1 aliphatic heterocycles. The van der Waals surface area contributed by atoms with Crippen LogP contribution in [0.2, 0.25) is 0 Å². The quantitative estimate of drug-likeness (QED) is 0.557. The highest BCUT2D eigenvalue weighted by Gasteiger charge is 2.22. The van der Waals surface area contributed by atoms with E-state index in [0.717, 1.165) is 17.9 Å². The number of amides is 2. The van der Waals surface area contributed by atoms with E-state index in [0.29, 0.717) is 32.1 Å². The van der Waals surface area contributed by atoms with Crippen molar-refractivity contribution < 1.29 is 9.59 Å². The van der Waals surface area contributed by atoms with E-state index in [4.69, 9.17) is 4.98 Å². The minimum atomic E-state index is -0.147. The van der Waals surface area contributed by atoms with Gasteiger partial charge in [-0.3, -0.25) is 9.59 Å². The molecule has 2 amide bonds. The summed E-state index contributed by atoms with van der Waals surface area (Å²) in [4.78, 5) is 39.9. The van der Waals surface area contributed by atoms with Gasteiger partial charge < -0.3 is 20.0 Å². The van der Waals surface area contributed by atoms with Gasteiger partial charge in [-0.15, -0.1) is 0 Å². The molecule has 0 bridgehead atoms. The van der Waals surface area contributed by atoms with Gasteiger partial charge in [0.2, 0.25) is 17.8 Å². The largest absolute Gasteiger partial charge is 0.353 e. The fourth-order valence-corrected chi connectivity index (χ4v) is 3.94. The van der Waals surface area contributed by atoms with E-state index in [9.17, 15) is 9.59 Å². The molecule has 176 valence electrons. The van der Waals surface area contributed by atoms with E-state index in [1.165, 1.54) is 5.56 Å². The average Bonchev–Trinajstić information content (AvgIpc) is 2.88. The minimum absolute atomic E-state index is 0.0214. The number of piperazine rings is 1. The number of hydrogen-bond donors (Lipinski definition) is 1. The van der Waals surface area contributed by atoms with Crippen molar-refractivity contribution in [3.8, 4) is 0 Å². The molecule has 2 heterocycles. The summed E-state index contributed by atoms with van der Waals surface area (Å²) in [5.41, 5.74) is 2.13. The first-order chi connectivity index (χ1) is 16.6. The zero-order chi connectivity index (χ0) is 23.8. The van der Waals surface area contributed by atoms with Crippen LogP contribution in [0.3, 0.4) is 0 Å². The molecule has 8 nitrogen and oxygen atoms in total. The first kappa shape index (κ1) is 23.2. The lowest BCUT2D eigenvalue weighted by Crippen LogP contribution is -2.51. The topological polar surface area (TPSA) is 81.7 Å². The van der Waals surface area contributed by atoms with Crippen molar-refractivity contribution >= 4 is 23.6 Å². The van der Waals surface area contributed by atoms with Gasteiger partial charge in [-0.25, -0.2) is 4.98 Å². The highest BCUT2D eigenvalue weighted by Crippen LogP contribution is 2.17. The number of nitrogens with one attached hydrogen (secondary N) is 1. The molecule has 0 atom stereocenters. The maximum Gasteiger partial charge on any atom is 0.242 e. The Kier molecular flexibility index (Phi) is 7.70. The molecular formula is C26H30N6O2. The minimum Gasteiger partial charge on any atom is -0.353 e. The van der Waals surface area contributed by atoms with Crippen LogP contribution in [0.4, 0.5) is 11.8 Å². The highest BCUT2D eigenvalue weighted by atomic mass is 16.2. The summed E-state index contributed by atoms with van der Waals surface area (Å²) in [5.74, 6) is 1.31. The van der Waals surface area contributed by atoms with Crippen molar-refractivity contribution in [2.24, 2.45) is 0 Å². The van der Waals surface area contributed by atoms with Crippen LogP contribution >= 0.6 is 0 Å². The fraction of sp³-hybridized carbons (Fsp3) is 0.308. The summed E-state index contributed by atoms with van der Waals surface area (Å²) < 4.78 is 0. The molecule has 0 radical (unpaired) electrons. The van der Waals surface area contributed by atoms with E-state index in [1.54, 1.807) is 11.1 Å². The van der Waals surface area contributed by atoms with Gasteiger partial charge in [0.25, 0.3) is 0 Å². The predicted molar refractivity (Wildman–Crippen MR) is 133 cm³/mol. The maximum atomic E-state index is 12.6. The maximum absolute atomic E-state index is 12.6. The van der Waals surface area contributed by atoms with Gasteiger partial charge in [0.15, 0.2) is 0 Å². The number of aromatic nitrogens is 2. The molecule has 0 saturated carbocycles. The summed E-state index contributed by atoms with van der Waals surface area (Å²) in [5, 5.41) is 2.74. The van der Waals surface area contributed by atoms with Crippen molar-refractivity contribution in [3.63, 3.8) is 0 Å². The second-order valence-electron chi connectivity index (χ2n) is 8.36. The van der Waals surface area contributed by atoms with E-state index >= 15 is 0 Å². The Hall–Kier alpha value is -3.94. The molecular weight excluding hydrogens is 428 g/mol. The Morgan fingerprint density at radius 2 is 1.56 bits per heavy atom. The van der Waals surface area contributed by atoms with Crippen LogP contribution in [0, 0.1) is 0 Å². The molecule has 1 aromatic heterocycles. The number of rotatable bonds is 8. The van der Waals surface area contributed by atoms with E-state index < -0.39 is 0 Å². The first-order valence-corrected chi connectivity index (χ1v) is 11.5. The number of benzene rings is 2. The highest BCUT2D eigenvalue weighted by molar-refractivity contribution is 5.85. The molecule has 0 aliphatic carbocycles. The lowest BCUT2D eigenvalue weighted by atomic mass is 10.1. The molecule has 0 spiro atoms. The van der Waals surface area contributed by atoms with Gasteiger partial charge in [-0.2, -0.15) is 4.98 Å². The van der Waals surface area contributed by atoms with Crippen LogP contribution in [0.15, 0.2) is 72.9 Å². The number of carbonyl (C=O) groups is 2.